The number of anilines is 2. The van der Waals surface area contributed by atoms with Crippen LogP contribution in [0.5, 0.6) is 0 Å². The molecule has 2 saturated heterocycles. The number of hydrogen-bond acceptors (Lipinski definition) is 6. The third-order valence-corrected chi connectivity index (χ3v) is 4.78. The Labute approximate surface area is 168 Å². The highest BCUT2D eigenvalue weighted by Crippen LogP contribution is 2.29. The summed E-state index contributed by atoms with van der Waals surface area (Å²) in [5.41, 5.74) is 1.40. The summed E-state index contributed by atoms with van der Waals surface area (Å²) in [6, 6.07) is 4.57. The molecule has 2 amide bonds. The zero-order valence-corrected chi connectivity index (χ0v) is 16.8. The van der Waals surface area contributed by atoms with Gasteiger partial charge in [-0.3, -0.25) is 14.5 Å². The minimum Gasteiger partial charge on any atom is -0.442 e. The topological polar surface area (TPSA) is 82.2 Å². The van der Waals surface area contributed by atoms with Crippen molar-refractivity contribution in [3.8, 4) is 0 Å². The second kappa shape index (κ2) is 8.50. The minimum absolute atomic E-state index is 0.0667. The maximum atomic E-state index is 14.9. The molecule has 2 aliphatic rings. The molecule has 0 aromatic heterocycles. The molecule has 8 nitrogen and oxygen atoms in total. The number of cyclic esters (lactones) is 1. The summed E-state index contributed by atoms with van der Waals surface area (Å²) in [7, 11) is 3.67. The second-order valence-electron chi connectivity index (χ2n) is 7.40. The molecule has 2 heterocycles. The molecule has 2 fully saturated rings. The van der Waals surface area contributed by atoms with Crippen molar-refractivity contribution in [2.75, 3.05) is 50.1 Å². The van der Waals surface area contributed by atoms with Gasteiger partial charge in [-0.25, -0.2) is 9.18 Å². The van der Waals surface area contributed by atoms with Gasteiger partial charge in [-0.05, 0) is 18.2 Å². The first-order chi connectivity index (χ1) is 13.7. The number of rotatable bonds is 5. The molecule has 0 bridgehead atoms. The number of Topliss-reactive ketones (excluding diaryl/α,β-unsaturated/α-hetero) is 1. The van der Waals surface area contributed by atoms with Crippen LogP contribution >= 0.6 is 0 Å². The van der Waals surface area contributed by atoms with Crippen LogP contribution in [0.2, 0.25) is 0 Å². The number of ketones is 1. The Balaban J connectivity index is 1.73. The van der Waals surface area contributed by atoms with Crippen molar-refractivity contribution in [2.45, 2.75) is 19.4 Å². The molecule has 3 rings (SSSR count). The number of piperidine rings is 1. The van der Waals surface area contributed by atoms with E-state index in [1.807, 2.05) is 19.0 Å². The standard InChI is InChI=1S/C20H25FN4O4/c1-13(26)22-9-16-12-25(20(28)29-16)15-4-5-18(17(21)8-15)24-7-6-19(27)14(11-24)10-23(2)3/h4-5,8,10,16H,6-7,9,11-12H2,1-3H3,(H,22,26)/b14-10+/t16-/m0/s1. The highest BCUT2D eigenvalue weighted by molar-refractivity contribution is 5.98. The van der Waals surface area contributed by atoms with E-state index in [9.17, 15) is 18.8 Å². The zero-order valence-electron chi connectivity index (χ0n) is 16.8. The fourth-order valence-electron chi connectivity index (χ4n) is 3.42. The minimum atomic E-state index is -0.577. The SMILES string of the molecule is CC(=O)NC[C@H]1CN(c2ccc(N3CCC(=O)/C(=C/N(C)C)C3)c(F)c2)C(=O)O1. The van der Waals surface area contributed by atoms with E-state index in [2.05, 4.69) is 5.32 Å². The molecule has 29 heavy (non-hydrogen) atoms. The molecular weight excluding hydrogens is 379 g/mol. The summed E-state index contributed by atoms with van der Waals surface area (Å²) in [6.07, 6.45) is 1.02. The lowest BCUT2D eigenvalue weighted by atomic mass is 10.0. The van der Waals surface area contributed by atoms with E-state index < -0.39 is 18.0 Å². The van der Waals surface area contributed by atoms with Gasteiger partial charge >= 0.3 is 6.09 Å². The van der Waals surface area contributed by atoms with Gasteiger partial charge in [-0.2, -0.15) is 0 Å². The molecule has 0 unspecified atom stereocenters. The lowest BCUT2D eigenvalue weighted by Gasteiger charge is -2.31. The van der Waals surface area contributed by atoms with E-state index in [0.29, 0.717) is 36.5 Å². The fraction of sp³-hybridized carbons (Fsp3) is 0.450. The van der Waals surface area contributed by atoms with Crippen LogP contribution in [0.1, 0.15) is 13.3 Å². The van der Waals surface area contributed by atoms with Gasteiger partial charge in [0.05, 0.1) is 24.5 Å². The molecule has 1 atom stereocenters. The van der Waals surface area contributed by atoms with Gasteiger partial charge in [0.2, 0.25) is 5.91 Å². The first kappa shape index (κ1) is 20.6. The van der Waals surface area contributed by atoms with Crippen LogP contribution in [-0.4, -0.2) is 69.1 Å². The van der Waals surface area contributed by atoms with Gasteiger partial charge in [-0.15, -0.1) is 0 Å². The van der Waals surface area contributed by atoms with Crippen molar-refractivity contribution in [1.29, 1.82) is 0 Å². The lowest BCUT2D eigenvalue weighted by Crippen LogP contribution is -2.37. The van der Waals surface area contributed by atoms with E-state index in [4.69, 9.17) is 4.74 Å². The number of carbonyl (C=O) groups is 3. The third-order valence-electron chi connectivity index (χ3n) is 4.78. The van der Waals surface area contributed by atoms with Gasteiger partial charge in [-0.1, -0.05) is 0 Å². The monoisotopic (exact) mass is 404 g/mol. The van der Waals surface area contributed by atoms with Crippen LogP contribution in [0.3, 0.4) is 0 Å². The summed E-state index contributed by atoms with van der Waals surface area (Å²) < 4.78 is 20.1. The number of halogens is 1. The molecular formula is C20H25FN4O4. The number of amides is 2. The molecule has 156 valence electrons. The predicted molar refractivity (Wildman–Crippen MR) is 106 cm³/mol. The smallest absolute Gasteiger partial charge is 0.414 e. The van der Waals surface area contributed by atoms with Gasteiger partial charge < -0.3 is 19.9 Å². The van der Waals surface area contributed by atoms with Gasteiger partial charge in [0.25, 0.3) is 0 Å². The molecule has 0 aliphatic carbocycles. The molecule has 2 aliphatic heterocycles. The highest BCUT2D eigenvalue weighted by Gasteiger charge is 2.33. The van der Waals surface area contributed by atoms with Crippen molar-refractivity contribution in [2.24, 2.45) is 0 Å². The van der Waals surface area contributed by atoms with Gasteiger partial charge in [0.1, 0.15) is 11.9 Å². The Bertz CT molecular complexity index is 855. The molecule has 1 N–H and O–H groups in total. The van der Waals surface area contributed by atoms with Crippen molar-refractivity contribution in [1.82, 2.24) is 10.2 Å². The number of ether oxygens (including phenoxy) is 1. The van der Waals surface area contributed by atoms with E-state index in [1.54, 1.807) is 23.2 Å². The molecule has 0 radical (unpaired) electrons. The first-order valence-corrected chi connectivity index (χ1v) is 9.42. The quantitative estimate of drug-likeness (QED) is 0.750. The van der Waals surface area contributed by atoms with Crippen LogP contribution in [0, 0.1) is 5.82 Å². The van der Waals surface area contributed by atoms with Crippen molar-refractivity contribution in [3.63, 3.8) is 0 Å². The average Bonchev–Trinajstić information content (AvgIpc) is 3.02. The summed E-state index contributed by atoms with van der Waals surface area (Å²) in [6.45, 7) is 2.59. The van der Waals surface area contributed by atoms with E-state index >= 15 is 0 Å². The van der Waals surface area contributed by atoms with E-state index in [-0.39, 0.29) is 24.8 Å². The Morgan fingerprint density at radius 1 is 1.38 bits per heavy atom. The number of nitrogens with zero attached hydrogens (tertiary/aromatic N) is 3. The molecule has 0 spiro atoms. The number of hydrogen-bond donors (Lipinski definition) is 1. The second-order valence-corrected chi connectivity index (χ2v) is 7.40. The van der Waals surface area contributed by atoms with Crippen LogP contribution < -0.4 is 15.1 Å². The van der Waals surface area contributed by atoms with Crippen LogP contribution in [0.4, 0.5) is 20.6 Å². The maximum Gasteiger partial charge on any atom is 0.414 e. The lowest BCUT2D eigenvalue weighted by molar-refractivity contribution is -0.119. The van der Waals surface area contributed by atoms with Gasteiger partial charge in [0.15, 0.2) is 5.78 Å². The summed E-state index contributed by atoms with van der Waals surface area (Å²) in [5.74, 6) is -0.617. The van der Waals surface area contributed by atoms with Crippen molar-refractivity contribution < 1.29 is 23.5 Å². The Morgan fingerprint density at radius 3 is 2.79 bits per heavy atom. The Kier molecular flexibility index (Phi) is 6.05. The van der Waals surface area contributed by atoms with E-state index in [1.165, 1.54) is 17.9 Å². The number of nitrogens with one attached hydrogen (secondary N) is 1. The predicted octanol–water partition coefficient (Wildman–Crippen LogP) is 1.51. The van der Waals surface area contributed by atoms with E-state index in [0.717, 1.165) is 0 Å². The number of benzene rings is 1. The zero-order chi connectivity index (χ0) is 21.1. The Morgan fingerprint density at radius 2 is 2.14 bits per heavy atom. The molecule has 1 aromatic carbocycles. The Hall–Kier alpha value is -3.10. The van der Waals surface area contributed by atoms with Crippen LogP contribution in [-0.2, 0) is 14.3 Å². The summed E-state index contributed by atoms with van der Waals surface area (Å²) in [4.78, 5) is 40.2. The van der Waals surface area contributed by atoms with Crippen molar-refractivity contribution in [3.05, 3.63) is 35.8 Å². The van der Waals surface area contributed by atoms with Crippen LogP contribution in [0.25, 0.3) is 0 Å². The summed E-state index contributed by atoms with van der Waals surface area (Å²) in [5, 5.41) is 2.60. The van der Waals surface area contributed by atoms with Crippen molar-refractivity contribution >= 4 is 29.2 Å². The maximum absolute atomic E-state index is 14.9. The molecule has 9 heteroatoms. The third kappa shape index (κ3) is 4.85. The fourth-order valence-corrected chi connectivity index (χ4v) is 3.42. The van der Waals surface area contributed by atoms with Gasteiger partial charge in [0, 0.05) is 52.3 Å². The van der Waals surface area contributed by atoms with Crippen LogP contribution in [0.15, 0.2) is 30.0 Å². The highest BCUT2D eigenvalue weighted by atomic mass is 19.1. The largest absolute Gasteiger partial charge is 0.442 e. The average molecular weight is 404 g/mol. The first-order valence-electron chi connectivity index (χ1n) is 9.42. The number of carbonyl (C=O) groups excluding carboxylic acids is 3. The summed E-state index contributed by atoms with van der Waals surface area (Å²) >= 11 is 0. The molecule has 0 saturated carbocycles. The normalized spacial score (nSPS) is 20.8. The molecule has 1 aromatic rings.